The van der Waals surface area contributed by atoms with Gasteiger partial charge in [-0.05, 0) is 61.6 Å². The van der Waals surface area contributed by atoms with Gasteiger partial charge in [0.1, 0.15) is 0 Å². The molecule has 3 heterocycles. The van der Waals surface area contributed by atoms with Gasteiger partial charge in [-0.25, -0.2) is 0 Å². The molecule has 0 aliphatic carbocycles. The fourth-order valence-electron chi connectivity index (χ4n) is 5.51. The molecule has 7 heteroatoms. The first kappa shape index (κ1) is 21.2. The van der Waals surface area contributed by atoms with Gasteiger partial charge in [0, 0.05) is 44.1 Å². The summed E-state index contributed by atoms with van der Waals surface area (Å²) in [5, 5.41) is 0. The number of fused-ring (bicyclic) bond motifs is 3. The van der Waals surface area contributed by atoms with Crippen LogP contribution in [-0.2, 0) is 17.4 Å². The van der Waals surface area contributed by atoms with Crippen LogP contribution in [0, 0.1) is 5.92 Å². The van der Waals surface area contributed by atoms with Gasteiger partial charge < -0.3 is 14.7 Å². The Morgan fingerprint density at radius 1 is 0.906 bits per heavy atom. The molecule has 4 nitrogen and oxygen atoms in total. The van der Waals surface area contributed by atoms with Gasteiger partial charge in [-0.1, -0.05) is 18.2 Å². The van der Waals surface area contributed by atoms with E-state index in [0.29, 0.717) is 25.1 Å². The Balaban J connectivity index is 1.49. The van der Waals surface area contributed by atoms with Crippen molar-refractivity contribution >= 4 is 17.3 Å². The van der Waals surface area contributed by atoms with E-state index in [0.717, 1.165) is 50.3 Å². The fraction of sp³-hybridized carbons (Fsp3) is 0.480. The van der Waals surface area contributed by atoms with Crippen LogP contribution in [0.4, 0.5) is 24.5 Å². The predicted octanol–water partition coefficient (Wildman–Crippen LogP) is 4.59. The van der Waals surface area contributed by atoms with E-state index in [2.05, 4.69) is 21.9 Å². The molecule has 2 aromatic rings. The number of piperazine rings is 1. The molecular formula is C25H28F3N3O. The minimum absolute atomic E-state index is 0.0531. The number of benzene rings is 2. The Labute approximate surface area is 186 Å². The molecule has 170 valence electrons. The zero-order valence-electron chi connectivity index (χ0n) is 18.0. The van der Waals surface area contributed by atoms with E-state index in [-0.39, 0.29) is 17.9 Å². The number of hydrogen-bond donors (Lipinski definition) is 0. The van der Waals surface area contributed by atoms with E-state index in [1.807, 2.05) is 23.1 Å². The Bertz CT molecular complexity index is 972. The lowest BCUT2D eigenvalue weighted by atomic mass is 9.82. The van der Waals surface area contributed by atoms with Crippen molar-refractivity contribution in [3.63, 3.8) is 0 Å². The van der Waals surface area contributed by atoms with E-state index < -0.39 is 11.7 Å². The van der Waals surface area contributed by atoms with Gasteiger partial charge in [0.05, 0.1) is 17.5 Å². The predicted molar refractivity (Wildman–Crippen MR) is 119 cm³/mol. The van der Waals surface area contributed by atoms with E-state index in [9.17, 15) is 18.0 Å². The lowest BCUT2D eigenvalue weighted by Gasteiger charge is -2.50. The number of alkyl halides is 3. The molecular weight excluding hydrogens is 415 g/mol. The molecule has 1 amide bonds. The van der Waals surface area contributed by atoms with Gasteiger partial charge in [0.15, 0.2) is 0 Å². The van der Waals surface area contributed by atoms with Gasteiger partial charge >= 0.3 is 6.18 Å². The molecule has 2 fully saturated rings. The Hall–Kier alpha value is -2.70. The van der Waals surface area contributed by atoms with E-state index in [1.54, 1.807) is 6.07 Å². The SMILES string of the molecule is O=C([C@@H]1Cc2cc(C(F)(F)F)ccc2N2CCN(c3ccccc3)C[C@@H]12)N1CCCCC1. The molecule has 0 spiro atoms. The second-order valence-electron chi connectivity index (χ2n) is 9.08. The van der Waals surface area contributed by atoms with Crippen molar-refractivity contribution in [3.8, 4) is 0 Å². The molecule has 2 aromatic carbocycles. The molecule has 0 unspecified atom stereocenters. The summed E-state index contributed by atoms with van der Waals surface area (Å²) in [6.07, 6.45) is -0.901. The molecule has 0 saturated carbocycles. The first-order valence-electron chi connectivity index (χ1n) is 11.5. The minimum atomic E-state index is -4.38. The van der Waals surface area contributed by atoms with Crippen molar-refractivity contribution < 1.29 is 18.0 Å². The van der Waals surface area contributed by atoms with Crippen molar-refractivity contribution in [2.24, 2.45) is 5.92 Å². The van der Waals surface area contributed by atoms with Crippen molar-refractivity contribution in [2.75, 3.05) is 42.5 Å². The molecule has 3 aliphatic rings. The van der Waals surface area contributed by atoms with Crippen molar-refractivity contribution in [1.29, 1.82) is 0 Å². The van der Waals surface area contributed by atoms with E-state index in [4.69, 9.17) is 0 Å². The molecule has 2 saturated heterocycles. The van der Waals surface area contributed by atoms with Crippen LogP contribution in [-0.4, -0.2) is 49.6 Å². The normalized spacial score (nSPS) is 23.5. The molecule has 0 bridgehead atoms. The molecule has 3 aliphatic heterocycles. The maximum absolute atomic E-state index is 13.6. The first-order valence-corrected chi connectivity index (χ1v) is 11.5. The first-order chi connectivity index (χ1) is 15.4. The lowest BCUT2D eigenvalue weighted by Crippen LogP contribution is -2.61. The van der Waals surface area contributed by atoms with Crippen molar-refractivity contribution in [3.05, 3.63) is 59.7 Å². The Kier molecular flexibility index (Phi) is 5.51. The number of anilines is 2. The molecule has 5 rings (SSSR count). The van der Waals surface area contributed by atoms with Gasteiger partial charge in [0.2, 0.25) is 5.91 Å². The van der Waals surface area contributed by atoms with Crippen molar-refractivity contribution in [1.82, 2.24) is 4.90 Å². The minimum Gasteiger partial charge on any atom is -0.368 e. The third-order valence-electron chi connectivity index (χ3n) is 7.15. The zero-order valence-corrected chi connectivity index (χ0v) is 18.0. The molecule has 32 heavy (non-hydrogen) atoms. The Morgan fingerprint density at radius 2 is 1.66 bits per heavy atom. The van der Waals surface area contributed by atoms with Gasteiger partial charge in [-0.3, -0.25) is 4.79 Å². The number of carbonyl (C=O) groups excluding carboxylic acids is 1. The summed E-state index contributed by atoms with van der Waals surface area (Å²) in [6.45, 7) is 3.64. The van der Waals surface area contributed by atoms with Crippen LogP contribution in [0.1, 0.15) is 30.4 Å². The number of rotatable bonds is 2. The smallest absolute Gasteiger partial charge is 0.368 e. The maximum atomic E-state index is 13.6. The summed E-state index contributed by atoms with van der Waals surface area (Å²) in [5.41, 5.74) is 1.97. The number of para-hydroxylation sites is 1. The van der Waals surface area contributed by atoms with Crippen LogP contribution >= 0.6 is 0 Å². The summed E-state index contributed by atoms with van der Waals surface area (Å²) in [4.78, 5) is 20.0. The summed E-state index contributed by atoms with van der Waals surface area (Å²) in [5.74, 6) is -0.242. The summed E-state index contributed by atoms with van der Waals surface area (Å²) < 4.78 is 40.1. The lowest BCUT2D eigenvalue weighted by molar-refractivity contribution is -0.137. The standard InChI is InChI=1S/C25H28F3N3O/c26-25(27,28)19-9-10-22-18(15-19)16-21(24(32)29-11-5-2-6-12-29)23-17-30(13-14-31(22)23)20-7-3-1-4-8-20/h1,3-4,7-10,15,21,23H,2,5-6,11-14,16-17H2/t21-,23+/m1/s1. The number of likely N-dealkylation sites (tertiary alicyclic amines) is 1. The summed E-state index contributed by atoms with van der Waals surface area (Å²) >= 11 is 0. The number of halogens is 3. The number of piperidine rings is 1. The van der Waals surface area contributed by atoms with Gasteiger partial charge in [0.25, 0.3) is 0 Å². The fourth-order valence-corrected chi connectivity index (χ4v) is 5.51. The largest absolute Gasteiger partial charge is 0.416 e. The third-order valence-corrected chi connectivity index (χ3v) is 7.15. The number of nitrogens with zero attached hydrogens (tertiary/aromatic N) is 3. The highest BCUT2D eigenvalue weighted by molar-refractivity contribution is 5.82. The van der Waals surface area contributed by atoms with Crippen LogP contribution in [0.2, 0.25) is 0 Å². The van der Waals surface area contributed by atoms with Crippen LogP contribution < -0.4 is 9.80 Å². The quantitative estimate of drug-likeness (QED) is 0.680. The van der Waals surface area contributed by atoms with Crippen LogP contribution in [0.5, 0.6) is 0 Å². The number of hydrogen-bond acceptors (Lipinski definition) is 3. The molecule has 0 radical (unpaired) electrons. The average Bonchev–Trinajstić information content (AvgIpc) is 2.83. The molecule has 0 N–H and O–H groups in total. The van der Waals surface area contributed by atoms with Gasteiger partial charge in [-0.15, -0.1) is 0 Å². The number of carbonyl (C=O) groups is 1. The monoisotopic (exact) mass is 443 g/mol. The van der Waals surface area contributed by atoms with Crippen LogP contribution in [0.15, 0.2) is 48.5 Å². The summed E-state index contributed by atoms with van der Waals surface area (Å²) in [6, 6.07) is 14.1. The van der Waals surface area contributed by atoms with Crippen molar-refractivity contribution in [2.45, 2.75) is 37.9 Å². The van der Waals surface area contributed by atoms with Crippen LogP contribution in [0.25, 0.3) is 0 Å². The zero-order chi connectivity index (χ0) is 22.3. The average molecular weight is 444 g/mol. The highest BCUT2D eigenvalue weighted by Crippen LogP contribution is 2.40. The second kappa shape index (κ2) is 8.34. The van der Waals surface area contributed by atoms with E-state index in [1.165, 1.54) is 12.1 Å². The third kappa shape index (κ3) is 3.93. The highest BCUT2D eigenvalue weighted by atomic mass is 19.4. The topological polar surface area (TPSA) is 26.8 Å². The summed E-state index contributed by atoms with van der Waals surface area (Å²) in [7, 11) is 0. The highest BCUT2D eigenvalue weighted by Gasteiger charge is 2.44. The van der Waals surface area contributed by atoms with Gasteiger partial charge in [-0.2, -0.15) is 13.2 Å². The Morgan fingerprint density at radius 3 is 2.38 bits per heavy atom. The van der Waals surface area contributed by atoms with E-state index >= 15 is 0 Å². The molecule has 2 atom stereocenters. The maximum Gasteiger partial charge on any atom is 0.416 e. The molecule has 0 aromatic heterocycles. The van der Waals surface area contributed by atoms with Crippen LogP contribution in [0.3, 0.4) is 0 Å². The number of amides is 1. The second-order valence-corrected chi connectivity index (χ2v) is 9.08.